The maximum absolute atomic E-state index is 13.2. The first-order valence-electron chi connectivity index (χ1n) is 12.0. The van der Waals surface area contributed by atoms with Gasteiger partial charge in [0.2, 0.25) is 0 Å². The van der Waals surface area contributed by atoms with E-state index in [4.69, 9.17) is 5.48 Å². The molecule has 2 aromatic heterocycles. The average Bonchev–Trinajstić information content (AvgIpc) is 2.79. The Balaban J connectivity index is 1.59. The highest BCUT2D eigenvalue weighted by molar-refractivity contribution is 5.97. The van der Waals surface area contributed by atoms with Crippen LogP contribution in [0.5, 0.6) is 0 Å². The highest BCUT2D eigenvalue weighted by Gasteiger charge is 2.26. The Hall–Kier alpha value is -2.86. The maximum atomic E-state index is 13.2. The number of carbonyl (C=O) groups is 1. The predicted octanol–water partition coefficient (Wildman–Crippen LogP) is 3.59. The van der Waals surface area contributed by atoms with Gasteiger partial charge in [-0.1, -0.05) is 6.07 Å². The number of piperidine rings is 1. The lowest BCUT2D eigenvalue weighted by atomic mass is 9.89. The third-order valence-electron chi connectivity index (χ3n) is 5.49. The fourth-order valence-corrected chi connectivity index (χ4v) is 3.74. The molecule has 0 atom stereocenters. The Morgan fingerprint density at radius 3 is 2.57 bits per heavy atom. The normalized spacial score (nSPS) is 18.5. The molecule has 0 spiro atoms. The molecule has 0 saturated carbocycles. The summed E-state index contributed by atoms with van der Waals surface area (Å²) >= 11 is 0. The third kappa shape index (κ3) is 4.19. The van der Waals surface area contributed by atoms with Crippen molar-refractivity contribution in [2.24, 2.45) is 5.92 Å². The number of benzene rings is 1. The average molecular weight is 412 g/mol. The third-order valence-corrected chi connectivity index (χ3v) is 5.49. The van der Waals surface area contributed by atoms with Gasteiger partial charge in [-0.25, -0.2) is 9.37 Å². The van der Waals surface area contributed by atoms with Gasteiger partial charge in [0.25, 0.3) is 5.56 Å². The van der Waals surface area contributed by atoms with E-state index in [0.29, 0.717) is 24.1 Å². The van der Waals surface area contributed by atoms with Crippen LogP contribution in [-0.2, 0) is 6.37 Å². The van der Waals surface area contributed by atoms with Gasteiger partial charge in [-0.3, -0.25) is 14.0 Å². The Kier molecular flexibility index (Phi) is 4.50. The van der Waals surface area contributed by atoms with E-state index in [2.05, 4.69) is 4.98 Å². The van der Waals surface area contributed by atoms with Crippen LogP contribution in [0.2, 0.25) is 0 Å². The quantitative estimate of drug-likeness (QED) is 0.602. The lowest BCUT2D eigenvalue weighted by molar-refractivity contribution is 0.0841. The summed E-state index contributed by atoms with van der Waals surface area (Å²) in [4.78, 5) is 31.7. The molecule has 6 heteroatoms. The van der Waals surface area contributed by atoms with Gasteiger partial charge in [0.1, 0.15) is 11.5 Å². The van der Waals surface area contributed by atoms with Crippen LogP contribution >= 0.6 is 0 Å². The summed E-state index contributed by atoms with van der Waals surface area (Å²) in [5.74, 6) is -0.918. The molecule has 4 rings (SSSR count). The standard InChI is InChI=1S/C24H26FN3O2/c1-16-3-8-22-26-17(2)21(24(30)28(22)15-16)11-14-27-12-9-19(10-13-27)23(29)18-4-6-20(25)7-5-18/h3-8,15,19H,9-14H2,1-2H3/i11D2,14D2. The molecule has 0 aliphatic carbocycles. The smallest absolute Gasteiger partial charge is 0.261 e. The fraction of sp³-hybridized carbons (Fsp3) is 0.375. The molecule has 1 aliphatic heterocycles. The van der Waals surface area contributed by atoms with Crippen LogP contribution in [0, 0.1) is 25.6 Å². The molecular formula is C24H26FN3O2. The molecule has 0 radical (unpaired) electrons. The SMILES string of the molecule is [2H]C([2H])(c1c(C)nc2ccc(C)cn2c1=O)C([2H])([2H])N1CCC(C(=O)c2ccc(F)cc2)CC1. The lowest BCUT2D eigenvalue weighted by Crippen LogP contribution is -2.38. The molecule has 1 saturated heterocycles. The van der Waals surface area contributed by atoms with E-state index >= 15 is 0 Å². The zero-order valence-corrected chi connectivity index (χ0v) is 17.0. The first kappa shape index (κ1) is 15.9. The number of ketones is 1. The number of Topliss-reactive ketones (excluding diaryl/α,β-unsaturated/α-hetero) is 1. The second kappa shape index (κ2) is 8.48. The largest absolute Gasteiger partial charge is 0.303 e. The molecule has 0 bridgehead atoms. The number of rotatable bonds is 5. The number of likely N-dealkylation sites (tertiary alicyclic amines) is 1. The van der Waals surface area contributed by atoms with Gasteiger partial charge < -0.3 is 4.90 Å². The number of pyridine rings is 1. The minimum atomic E-state index is -2.65. The number of hydrogen-bond donors (Lipinski definition) is 0. The van der Waals surface area contributed by atoms with Crippen molar-refractivity contribution in [1.29, 1.82) is 0 Å². The van der Waals surface area contributed by atoms with E-state index in [9.17, 15) is 14.0 Å². The molecule has 0 N–H and O–H groups in total. The highest BCUT2D eigenvalue weighted by Crippen LogP contribution is 2.22. The van der Waals surface area contributed by atoms with Crippen molar-refractivity contribution in [1.82, 2.24) is 14.3 Å². The van der Waals surface area contributed by atoms with Crippen LogP contribution < -0.4 is 5.56 Å². The molecule has 1 aromatic carbocycles. The molecule has 1 aliphatic rings. The van der Waals surface area contributed by atoms with Crippen molar-refractivity contribution in [3.8, 4) is 0 Å². The Bertz CT molecular complexity index is 1300. The van der Waals surface area contributed by atoms with Crippen molar-refractivity contribution >= 4 is 11.4 Å². The van der Waals surface area contributed by atoms with Crippen LogP contribution in [0.15, 0.2) is 47.4 Å². The van der Waals surface area contributed by atoms with Crippen LogP contribution in [-0.4, -0.2) is 39.7 Å². The Morgan fingerprint density at radius 1 is 1.17 bits per heavy atom. The number of aromatic nitrogens is 2. The van der Waals surface area contributed by atoms with E-state index in [1.54, 1.807) is 25.3 Å². The van der Waals surface area contributed by atoms with E-state index in [1.165, 1.54) is 40.5 Å². The van der Waals surface area contributed by atoms with Gasteiger partial charge in [0, 0.05) is 40.9 Å². The van der Waals surface area contributed by atoms with Gasteiger partial charge >= 0.3 is 0 Å². The lowest BCUT2D eigenvalue weighted by Gasteiger charge is -2.31. The summed E-state index contributed by atoms with van der Waals surface area (Å²) in [5.41, 5.74) is 0.756. The molecule has 3 aromatic rings. The zero-order valence-electron chi connectivity index (χ0n) is 21.0. The van der Waals surface area contributed by atoms with E-state index in [-0.39, 0.29) is 36.0 Å². The molecule has 156 valence electrons. The fourth-order valence-electron chi connectivity index (χ4n) is 3.74. The van der Waals surface area contributed by atoms with E-state index < -0.39 is 24.2 Å². The monoisotopic (exact) mass is 411 g/mol. The molecule has 3 heterocycles. The first-order valence-corrected chi connectivity index (χ1v) is 9.98. The van der Waals surface area contributed by atoms with Crippen molar-refractivity contribution in [3.05, 3.63) is 81.2 Å². The summed E-state index contributed by atoms with van der Waals surface area (Å²) in [5, 5.41) is 0. The van der Waals surface area contributed by atoms with Gasteiger partial charge in [-0.05, 0) is 82.0 Å². The minimum Gasteiger partial charge on any atom is -0.303 e. The number of aryl methyl sites for hydroxylation is 2. The Labute approximate surface area is 180 Å². The number of halogens is 1. The molecule has 0 unspecified atom stereocenters. The summed E-state index contributed by atoms with van der Waals surface area (Å²) < 4.78 is 49.2. The van der Waals surface area contributed by atoms with Gasteiger partial charge in [-0.15, -0.1) is 0 Å². The summed E-state index contributed by atoms with van der Waals surface area (Å²) in [6, 6.07) is 8.80. The summed E-state index contributed by atoms with van der Waals surface area (Å²) in [6.07, 6.45) is -0.427. The topological polar surface area (TPSA) is 54.7 Å². The number of carbonyl (C=O) groups excluding carboxylic acids is 1. The maximum Gasteiger partial charge on any atom is 0.261 e. The summed E-state index contributed by atoms with van der Waals surface area (Å²) in [6.45, 7) is 1.09. The van der Waals surface area contributed by atoms with Crippen LogP contribution in [0.3, 0.4) is 0 Å². The van der Waals surface area contributed by atoms with Gasteiger partial charge in [-0.2, -0.15) is 0 Å². The van der Waals surface area contributed by atoms with Crippen molar-refractivity contribution in [3.63, 3.8) is 0 Å². The zero-order chi connectivity index (χ0) is 24.8. The number of fused-ring (bicyclic) bond motifs is 1. The first-order chi connectivity index (χ1) is 15.9. The molecule has 30 heavy (non-hydrogen) atoms. The number of nitrogens with zero attached hydrogens (tertiary/aromatic N) is 3. The Morgan fingerprint density at radius 2 is 1.87 bits per heavy atom. The minimum absolute atomic E-state index is 0.133. The second-order valence-electron chi connectivity index (χ2n) is 7.68. The van der Waals surface area contributed by atoms with Crippen molar-refractivity contribution in [2.75, 3.05) is 19.6 Å². The highest BCUT2D eigenvalue weighted by atomic mass is 19.1. The van der Waals surface area contributed by atoms with Gasteiger partial charge in [0.05, 0.1) is 0 Å². The molecule has 0 amide bonds. The van der Waals surface area contributed by atoms with Crippen molar-refractivity contribution < 1.29 is 14.7 Å². The van der Waals surface area contributed by atoms with Crippen LogP contribution in [0.25, 0.3) is 5.65 Å². The van der Waals surface area contributed by atoms with Crippen molar-refractivity contribution in [2.45, 2.75) is 33.1 Å². The molecule has 1 fully saturated rings. The van der Waals surface area contributed by atoms with Gasteiger partial charge in [0.15, 0.2) is 5.78 Å². The second-order valence-corrected chi connectivity index (χ2v) is 7.68. The molecular weight excluding hydrogens is 381 g/mol. The predicted molar refractivity (Wildman–Crippen MR) is 115 cm³/mol. The summed E-state index contributed by atoms with van der Waals surface area (Å²) in [7, 11) is 0. The molecule has 5 nitrogen and oxygen atoms in total. The van der Waals surface area contributed by atoms with Crippen LogP contribution in [0.1, 0.15) is 45.5 Å². The van der Waals surface area contributed by atoms with E-state index in [1.807, 2.05) is 0 Å². The van der Waals surface area contributed by atoms with Crippen LogP contribution in [0.4, 0.5) is 4.39 Å². The number of hydrogen-bond acceptors (Lipinski definition) is 4. The van der Waals surface area contributed by atoms with E-state index in [0.717, 1.165) is 5.56 Å².